The summed E-state index contributed by atoms with van der Waals surface area (Å²) < 4.78 is 4.18. The maximum atomic E-state index is 11.5. The fourth-order valence-electron chi connectivity index (χ4n) is 1.39. The molecule has 0 aliphatic rings. The van der Waals surface area contributed by atoms with Gasteiger partial charge in [0.05, 0.1) is 11.9 Å². The Morgan fingerprint density at radius 3 is 2.82 bits per heavy atom. The van der Waals surface area contributed by atoms with Gasteiger partial charge in [0.1, 0.15) is 5.00 Å². The van der Waals surface area contributed by atoms with E-state index in [1.807, 2.05) is 24.3 Å². The van der Waals surface area contributed by atoms with Crippen LogP contribution in [0.2, 0.25) is 0 Å². The largest absolute Gasteiger partial charge is 0.481 e. The second-order valence-electron chi connectivity index (χ2n) is 3.47. The first-order valence-electron chi connectivity index (χ1n) is 5.03. The minimum Gasteiger partial charge on any atom is -0.481 e. The van der Waals surface area contributed by atoms with Gasteiger partial charge in [-0.3, -0.25) is 9.59 Å². The molecule has 0 fully saturated rings. The van der Waals surface area contributed by atoms with Gasteiger partial charge < -0.3 is 10.4 Å². The van der Waals surface area contributed by atoms with E-state index in [4.69, 9.17) is 5.11 Å². The lowest BCUT2D eigenvalue weighted by Gasteiger charge is -2.00. The first-order chi connectivity index (χ1) is 8.16. The molecule has 0 aliphatic carbocycles. The molecule has 0 aliphatic heterocycles. The van der Waals surface area contributed by atoms with E-state index in [2.05, 4.69) is 9.69 Å². The molecule has 1 aromatic heterocycles. The number of carboxylic acids is 1. The summed E-state index contributed by atoms with van der Waals surface area (Å²) in [4.78, 5) is 21.8. The molecule has 2 rings (SSSR count). The van der Waals surface area contributed by atoms with Crippen LogP contribution in [0.3, 0.4) is 0 Å². The number of hydrogen-bond donors (Lipinski definition) is 2. The Bertz CT molecular complexity index is 565. The van der Waals surface area contributed by atoms with Gasteiger partial charge in [0.15, 0.2) is 0 Å². The van der Waals surface area contributed by atoms with E-state index in [-0.39, 0.29) is 18.7 Å². The van der Waals surface area contributed by atoms with Crippen LogP contribution in [0, 0.1) is 0 Å². The van der Waals surface area contributed by atoms with E-state index in [0.717, 1.165) is 10.9 Å². The van der Waals surface area contributed by atoms with Crippen molar-refractivity contribution in [1.82, 2.24) is 4.37 Å². The molecule has 2 N–H and O–H groups in total. The SMILES string of the molecule is O=C(O)CCC(=O)Nc1snc2ccccc12. The lowest BCUT2D eigenvalue weighted by molar-refractivity contribution is -0.138. The minimum atomic E-state index is -0.977. The molecule has 17 heavy (non-hydrogen) atoms. The van der Waals surface area contributed by atoms with Crippen LogP contribution >= 0.6 is 11.5 Å². The Morgan fingerprint density at radius 1 is 1.29 bits per heavy atom. The fraction of sp³-hybridized carbons (Fsp3) is 0.182. The summed E-state index contributed by atoms with van der Waals surface area (Å²) in [5.41, 5.74) is 0.825. The van der Waals surface area contributed by atoms with E-state index in [0.29, 0.717) is 5.00 Å². The maximum absolute atomic E-state index is 11.5. The molecule has 0 radical (unpaired) electrons. The average Bonchev–Trinajstić information content (AvgIpc) is 2.70. The molecule has 0 saturated heterocycles. The summed E-state index contributed by atoms with van der Waals surface area (Å²) in [6.45, 7) is 0. The van der Waals surface area contributed by atoms with Gasteiger partial charge in [-0.15, -0.1) is 0 Å². The van der Waals surface area contributed by atoms with Crippen molar-refractivity contribution in [3.63, 3.8) is 0 Å². The van der Waals surface area contributed by atoms with Crippen LogP contribution in [0.1, 0.15) is 12.8 Å². The van der Waals surface area contributed by atoms with Crippen LogP contribution in [-0.4, -0.2) is 21.4 Å². The van der Waals surface area contributed by atoms with Crippen molar-refractivity contribution in [2.24, 2.45) is 0 Å². The van der Waals surface area contributed by atoms with Crippen molar-refractivity contribution < 1.29 is 14.7 Å². The van der Waals surface area contributed by atoms with Crippen molar-refractivity contribution in [2.75, 3.05) is 5.32 Å². The lowest BCUT2D eigenvalue weighted by atomic mass is 10.2. The molecule has 6 heteroatoms. The smallest absolute Gasteiger partial charge is 0.303 e. The molecule has 5 nitrogen and oxygen atoms in total. The zero-order valence-electron chi connectivity index (χ0n) is 8.84. The summed E-state index contributed by atoms with van der Waals surface area (Å²) in [7, 11) is 0. The second kappa shape index (κ2) is 4.92. The first-order valence-corrected chi connectivity index (χ1v) is 5.80. The van der Waals surface area contributed by atoms with Crippen molar-refractivity contribution in [1.29, 1.82) is 0 Å². The number of benzene rings is 1. The van der Waals surface area contributed by atoms with Gasteiger partial charge in [-0.1, -0.05) is 12.1 Å². The zero-order valence-corrected chi connectivity index (χ0v) is 9.66. The molecule has 88 valence electrons. The number of carbonyl (C=O) groups is 2. The number of nitrogens with one attached hydrogen (secondary N) is 1. The summed E-state index contributed by atoms with van der Waals surface area (Å²) >= 11 is 1.20. The molecule has 0 spiro atoms. The van der Waals surface area contributed by atoms with Gasteiger partial charge in [0, 0.05) is 11.8 Å². The van der Waals surface area contributed by atoms with Crippen molar-refractivity contribution >= 4 is 39.3 Å². The number of fused-ring (bicyclic) bond motifs is 1. The molecule has 1 heterocycles. The standard InChI is InChI=1S/C11H10N2O3S/c14-9(5-6-10(15)16)12-11-7-3-1-2-4-8(7)13-17-11/h1-4H,5-6H2,(H,12,14)(H,15,16). The fourth-order valence-corrected chi connectivity index (χ4v) is 2.17. The predicted octanol–water partition coefficient (Wildman–Crippen LogP) is 2.10. The molecule has 0 saturated carbocycles. The third-order valence-corrected chi connectivity index (χ3v) is 3.00. The van der Waals surface area contributed by atoms with E-state index < -0.39 is 5.97 Å². The third kappa shape index (κ3) is 2.79. The maximum Gasteiger partial charge on any atom is 0.303 e. The van der Waals surface area contributed by atoms with Gasteiger partial charge in [0.25, 0.3) is 0 Å². The molecular weight excluding hydrogens is 240 g/mol. The highest BCUT2D eigenvalue weighted by atomic mass is 32.1. The normalized spacial score (nSPS) is 10.4. The Morgan fingerprint density at radius 2 is 2.06 bits per heavy atom. The second-order valence-corrected chi connectivity index (χ2v) is 4.24. The third-order valence-electron chi connectivity index (χ3n) is 2.20. The Labute approximate surface area is 101 Å². The molecule has 0 unspecified atom stereocenters. The molecule has 2 aromatic rings. The van der Waals surface area contributed by atoms with Crippen molar-refractivity contribution in [2.45, 2.75) is 12.8 Å². The number of rotatable bonds is 4. The number of carbonyl (C=O) groups excluding carboxylic acids is 1. The van der Waals surface area contributed by atoms with E-state index in [9.17, 15) is 9.59 Å². The number of amides is 1. The first kappa shape index (κ1) is 11.5. The number of nitrogens with zero attached hydrogens (tertiary/aromatic N) is 1. The van der Waals surface area contributed by atoms with Gasteiger partial charge in [-0.05, 0) is 23.7 Å². The number of aromatic nitrogens is 1. The van der Waals surface area contributed by atoms with E-state index in [1.54, 1.807) is 0 Å². The molecule has 1 amide bonds. The van der Waals surface area contributed by atoms with Crippen LogP contribution < -0.4 is 5.32 Å². The van der Waals surface area contributed by atoms with Gasteiger partial charge >= 0.3 is 5.97 Å². The van der Waals surface area contributed by atoms with Crippen LogP contribution in [-0.2, 0) is 9.59 Å². The highest BCUT2D eigenvalue weighted by Crippen LogP contribution is 2.27. The zero-order chi connectivity index (χ0) is 12.3. The topological polar surface area (TPSA) is 79.3 Å². The molecule has 1 aromatic carbocycles. The predicted molar refractivity (Wildman–Crippen MR) is 65.1 cm³/mol. The highest BCUT2D eigenvalue weighted by molar-refractivity contribution is 7.12. The van der Waals surface area contributed by atoms with Crippen LogP contribution in [0.4, 0.5) is 5.00 Å². The Kier molecular flexibility index (Phi) is 3.34. The highest BCUT2D eigenvalue weighted by Gasteiger charge is 2.10. The summed E-state index contributed by atoms with van der Waals surface area (Å²) in [5, 5.41) is 12.7. The number of hydrogen-bond acceptors (Lipinski definition) is 4. The van der Waals surface area contributed by atoms with E-state index >= 15 is 0 Å². The van der Waals surface area contributed by atoms with Gasteiger partial charge in [0.2, 0.25) is 5.91 Å². The number of anilines is 1. The number of aliphatic carboxylic acids is 1. The van der Waals surface area contributed by atoms with Crippen molar-refractivity contribution in [3.8, 4) is 0 Å². The van der Waals surface area contributed by atoms with E-state index in [1.165, 1.54) is 11.5 Å². The summed E-state index contributed by atoms with van der Waals surface area (Å²) in [5.74, 6) is -1.28. The molecular formula is C11H10N2O3S. The summed E-state index contributed by atoms with van der Waals surface area (Å²) in [6, 6.07) is 7.46. The Balaban J connectivity index is 2.08. The molecule has 0 atom stereocenters. The molecule has 0 bridgehead atoms. The lowest BCUT2D eigenvalue weighted by Crippen LogP contribution is -2.12. The van der Waals surface area contributed by atoms with Crippen LogP contribution in [0.25, 0.3) is 10.9 Å². The van der Waals surface area contributed by atoms with Crippen molar-refractivity contribution in [3.05, 3.63) is 24.3 Å². The van der Waals surface area contributed by atoms with Gasteiger partial charge in [-0.2, -0.15) is 4.37 Å². The minimum absolute atomic E-state index is 0.0262. The number of carboxylic acid groups (broad SMARTS) is 1. The van der Waals surface area contributed by atoms with Crippen LogP contribution in [0.15, 0.2) is 24.3 Å². The Hall–Kier alpha value is -1.95. The average molecular weight is 250 g/mol. The summed E-state index contributed by atoms with van der Waals surface area (Å²) in [6.07, 6.45) is -0.190. The van der Waals surface area contributed by atoms with Crippen LogP contribution in [0.5, 0.6) is 0 Å². The monoisotopic (exact) mass is 250 g/mol. The van der Waals surface area contributed by atoms with Gasteiger partial charge in [-0.25, -0.2) is 0 Å². The quantitative estimate of drug-likeness (QED) is 0.870.